The number of benzene rings is 1. The van der Waals surface area contributed by atoms with Crippen LogP contribution in [0.15, 0.2) is 24.3 Å². The molecule has 1 aliphatic rings. The summed E-state index contributed by atoms with van der Waals surface area (Å²) in [7, 11) is 1.26. The lowest BCUT2D eigenvalue weighted by molar-refractivity contribution is -0.141. The molecular weight excluding hydrogens is 365 g/mol. The van der Waals surface area contributed by atoms with Gasteiger partial charge in [0, 0.05) is 24.8 Å². The molecule has 1 aromatic carbocycles. The molecule has 0 amide bonds. The summed E-state index contributed by atoms with van der Waals surface area (Å²) in [6, 6.07) is 4.46. The first kappa shape index (κ1) is 17.2. The maximum absolute atomic E-state index is 12.9. The van der Waals surface area contributed by atoms with Crippen molar-refractivity contribution in [2.24, 2.45) is 7.05 Å². The van der Waals surface area contributed by atoms with E-state index in [-0.39, 0.29) is 17.7 Å². The fourth-order valence-corrected chi connectivity index (χ4v) is 2.31. The number of halogens is 4. The molecule has 0 unspecified atom stereocenters. The largest absolute Gasteiger partial charge is 0.454 e. The maximum Gasteiger partial charge on any atom is 0.435 e. The normalized spacial score (nSPS) is 13.5. The summed E-state index contributed by atoms with van der Waals surface area (Å²) in [4.78, 5) is 11.8. The molecule has 6 nitrogen and oxygen atoms in total. The quantitative estimate of drug-likeness (QED) is 0.468. The van der Waals surface area contributed by atoms with Crippen LogP contribution in [0.4, 0.5) is 13.2 Å². The summed E-state index contributed by atoms with van der Waals surface area (Å²) in [5, 5.41) is 3.06. The monoisotopic (exact) mass is 374 g/mol. The number of hydrogen-bond acceptors (Lipinski definition) is 5. The average molecular weight is 375 g/mol. The predicted molar refractivity (Wildman–Crippen MR) is 80.5 cm³/mol. The molecule has 132 valence electrons. The lowest BCUT2D eigenvalue weighted by atomic mass is 10.2. The second kappa shape index (κ2) is 6.32. The van der Waals surface area contributed by atoms with Gasteiger partial charge in [-0.15, -0.1) is 0 Å². The van der Waals surface area contributed by atoms with E-state index in [4.69, 9.17) is 25.8 Å². The van der Waals surface area contributed by atoms with E-state index in [2.05, 4.69) is 5.10 Å². The van der Waals surface area contributed by atoms with E-state index in [1.807, 2.05) is 0 Å². The van der Waals surface area contributed by atoms with Gasteiger partial charge in [-0.2, -0.15) is 18.3 Å². The van der Waals surface area contributed by atoms with Gasteiger partial charge in [0.25, 0.3) is 0 Å². The molecule has 0 spiro atoms. The van der Waals surface area contributed by atoms with Gasteiger partial charge >= 0.3 is 12.1 Å². The number of hydrogen-bond donors (Lipinski definition) is 0. The molecular formula is C15H10ClF3N2O4. The number of aromatic nitrogens is 2. The smallest absolute Gasteiger partial charge is 0.435 e. The van der Waals surface area contributed by atoms with Crippen molar-refractivity contribution in [3.63, 3.8) is 0 Å². The van der Waals surface area contributed by atoms with E-state index in [1.165, 1.54) is 19.2 Å². The molecule has 10 heteroatoms. The second-order valence-corrected chi connectivity index (χ2v) is 5.30. The van der Waals surface area contributed by atoms with Crippen LogP contribution in [-0.2, 0) is 18.0 Å². The van der Waals surface area contributed by atoms with Crippen molar-refractivity contribution in [1.29, 1.82) is 0 Å². The van der Waals surface area contributed by atoms with E-state index in [0.29, 0.717) is 11.5 Å². The minimum Gasteiger partial charge on any atom is -0.454 e. The third-order valence-corrected chi connectivity index (χ3v) is 3.68. The Labute approximate surface area is 144 Å². The molecule has 2 aromatic rings. The van der Waals surface area contributed by atoms with Crippen molar-refractivity contribution >= 4 is 23.6 Å². The van der Waals surface area contributed by atoms with E-state index in [1.54, 1.807) is 6.07 Å². The van der Waals surface area contributed by atoms with Gasteiger partial charge in [-0.05, 0) is 18.2 Å². The Hall–Kier alpha value is -2.68. The Morgan fingerprint density at radius 3 is 2.80 bits per heavy atom. The number of fused-ring (bicyclic) bond motifs is 1. The summed E-state index contributed by atoms with van der Waals surface area (Å²) in [6.07, 6.45) is -2.96. The predicted octanol–water partition coefficient (Wildman–Crippen LogP) is 3.44. The topological polar surface area (TPSA) is 62.6 Å². The minimum atomic E-state index is -4.70. The van der Waals surface area contributed by atoms with Gasteiger partial charge in [-0.25, -0.2) is 4.79 Å². The molecule has 0 aliphatic carbocycles. The van der Waals surface area contributed by atoms with Gasteiger partial charge in [0.1, 0.15) is 10.9 Å². The fourth-order valence-electron chi connectivity index (χ4n) is 2.12. The van der Waals surface area contributed by atoms with Gasteiger partial charge in [0.2, 0.25) is 6.79 Å². The van der Waals surface area contributed by atoms with Crippen LogP contribution in [-0.4, -0.2) is 22.5 Å². The zero-order chi connectivity index (χ0) is 18.2. The lowest BCUT2D eigenvalue weighted by Gasteiger charge is -2.04. The Balaban J connectivity index is 1.77. The van der Waals surface area contributed by atoms with Crippen LogP contribution in [0, 0.1) is 0 Å². The lowest BCUT2D eigenvalue weighted by Crippen LogP contribution is -2.08. The molecule has 1 aliphatic heterocycles. The number of alkyl halides is 3. The van der Waals surface area contributed by atoms with Gasteiger partial charge in [-0.3, -0.25) is 4.68 Å². The molecule has 0 radical (unpaired) electrons. The van der Waals surface area contributed by atoms with Crippen molar-refractivity contribution in [3.8, 4) is 17.2 Å². The molecule has 0 saturated carbocycles. The second-order valence-electron chi connectivity index (χ2n) is 4.94. The highest BCUT2D eigenvalue weighted by molar-refractivity contribution is 6.31. The summed E-state index contributed by atoms with van der Waals surface area (Å²) >= 11 is 5.79. The molecule has 0 bridgehead atoms. The molecule has 1 aromatic heterocycles. The standard InChI is InChI=1S/C15H10ClF3N2O4/c1-21-14(16)9(13(20-21)15(17,18)19)3-5-12(22)25-8-2-4-10-11(6-8)24-7-23-10/h2-6H,7H2,1H3. The number of carbonyl (C=O) groups is 1. The molecule has 3 rings (SSSR count). The van der Waals surface area contributed by atoms with Crippen molar-refractivity contribution in [2.45, 2.75) is 6.18 Å². The highest BCUT2D eigenvalue weighted by Crippen LogP contribution is 2.36. The number of carbonyl (C=O) groups excluding carboxylic acids is 1. The highest BCUT2D eigenvalue weighted by Gasteiger charge is 2.38. The zero-order valence-corrected chi connectivity index (χ0v) is 13.4. The van der Waals surface area contributed by atoms with Crippen LogP contribution >= 0.6 is 11.6 Å². The van der Waals surface area contributed by atoms with Gasteiger partial charge in [-0.1, -0.05) is 11.6 Å². The number of esters is 1. The molecule has 2 heterocycles. The molecule has 0 saturated heterocycles. The van der Waals surface area contributed by atoms with Crippen molar-refractivity contribution in [2.75, 3.05) is 6.79 Å². The highest BCUT2D eigenvalue weighted by atomic mass is 35.5. The number of ether oxygens (including phenoxy) is 3. The third kappa shape index (κ3) is 3.55. The van der Waals surface area contributed by atoms with E-state index in [9.17, 15) is 18.0 Å². The van der Waals surface area contributed by atoms with Crippen molar-refractivity contribution < 1.29 is 32.2 Å². The number of nitrogens with zero attached hydrogens (tertiary/aromatic N) is 2. The third-order valence-electron chi connectivity index (χ3n) is 3.23. The Kier molecular flexibility index (Phi) is 4.34. The maximum atomic E-state index is 12.9. The summed E-state index contributed by atoms with van der Waals surface area (Å²) in [5.41, 5.74) is -1.61. The van der Waals surface area contributed by atoms with E-state index >= 15 is 0 Å². The number of aryl methyl sites for hydroxylation is 1. The van der Waals surface area contributed by atoms with Crippen LogP contribution < -0.4 is 14.2 Å². The van der Waals surface area contributed by atoms with Gasteiger partial charge in [0.15, 0.2) is 17.2 Å². The SMILES string of the molecule is Cn1nc(C(F)(F)F)c(C=CC(=O)Oc2ccc3c(c2)OCO3)c1Cl. The number of rotatable bonds is 3. The average Bonchev–Trinajstić information content (AvgIpc) is 3.10. The van der Waals surface area contributed by atoms with Crippen molar-refractivity contribution in [3.05, 3.63) is 40.7 Å². The molecule has 0 fully saturated rings. The summed E-state index contributed by atoms with van der Waals surface area (Å²) < 4.78 is 54.9. The van der Waals surface area contributed by atoms with E-state index < -0.39 is 23.4 Å². The van der Waals surface area contributed by atoms with Crippen LogP contribution in [0.2, 0.25) is 5.15 Å². The first-order valence-electron chi connectivity index (χ1n) is 6.85. The van der Waals surface area contributed by atoms with Gasteiger partial charge < -0.3 is 14.2 Å². The van der Waals surface area contributed by atoms with Crippen LogP contribution in [0.3, 0.4) is 0 Å². The summed E-state index contributed by atoms with van der Waals surface area (Å²) in [5.74, 6) is 0.190. The summed E-state index contributed by atoms with van der Waals surface area (Å²) in [6.45, 7) is 0.0619. The van der Waals surface area contributed by atoms with Crippen LogP contribution in [0.5, 0.6) is 17.2 Å². The zero-order valence-electron chi connectivity index (χ0n) is 12.6. The van der Waals surface area contributed by atoms with Crippen LogP contribution in [0.1, 0.15) is 11.3 Å². The molecule has 0 N–H and O–H groups in total. The Morgan fingerprint density at radius 2 is 2.08 bits per heavy atom. The Bertz CT molecular complexity index is 861. The van der Waals surface area contributed by atoms with E-state index in [0.717, 1.165) is 16.8 Å². The first-order valence-corrected chi connectivity index (χ1v) is 7.23. The minimum absolute atomic E-state index is 0.0619. The molecule has 25 heavy (non-hydrogen) atoms. The first-order chi connectivity index (χ1) is 11.8. The fraction of sp³-hybridized carbons (Fsp3) is 0.200. The molecule has 0 atom stereocenters. The van der Waals surface area contributed by atoms with Crippen LogP contribution in [0.25, 0.3) is 6.08 Å². The van der Waals surface area contributed by atoms with Gasteiger partial charge in [0.05, 0.1) is 0 Å². The van der Waals surface area contributed by atoms with Crippen molar-refractivity contribution in [1.82, 2.24) is 9.78 Å². The Morgan fingerprint density at radius 1 is 1.36 bits per heavy atom.